The number of benzene rings is 7. The molecule has 4 nitrogen and oxygen atoms in total. The topological polar surface area (TPSA) is 48.2 Å². The van der Waals surface area contributed by atoms with Crippen molar-refractivity contribution >= 4 is 49.4 Å². The molecular weight excluding hydrogens is 717 g/mol. The number of aromatic nitrogens is 2. The quantitative estimate of drug-likeness (QED) is 0.0934. The SMILES string of the molecule is C/C=C\C=C/Cn1c2ccccc2c2cc(-c3ccc4c(c3)c3ccccc3n4C(C)=NC(c3ccccc3)c3ccc(-c4ccccc4)cc3C)ccc21.CC.CN. The molecule has 2 aromatic heterocycles. The van der Waals surface area contributed by atoms with Crippen molar-refractivity contribution in [3.05, 3.63) is 205 Å². The molecule has 4 heteroatoms. The van der Waals surface area contributed by atoms with Gasteiger partial charge < -0.3 is 10.3 Å². The van der Waals surface area contributed by atoms with E-state index in [0.717, 1.165) is 23.4 Å². The van der Waals surface area contributed by atoms with Gasteiger partial charge in [-0.3, -0.25) is 9.56 Å². The highest BCUT2D eigenvalue weighted by Gasteiger charge is 2.20. The molecule has 9 rings (SSSR count). The van der Waals surface area contributed by atoms with E-state index in [9.17, 15) is 0 Å². The van der Waals surface area contributed by atoms with Crippen molar-refractivity contribution < 1.29 is 0 Å². The van der Waals surface area contributed by atoms with Crippen molar-refractivity contribution in [2.45, 2.75) is 47.2 Å². The summed E-state index contributed by atoms with van der Waals surface area (Å²) in [6, 6.07) is 59.2. The minimum absolute atomic E-state index is 0.158. The lowest BCUT2D eigenvalue weighted by molar-refractivity contribution is 0.853. The number of hydrogen-bond donors (Lipinski definition) is 1. The molecule has 0 aliphatic heterocycles. The van der Waals surface area contributed by atoms with Gasteiger partial charge in [-0.05, 0) is 103 Å². The summed E-state index contributed by atoms with van der Waals surface area (Å²) in [4.78, 5) is 5.57. The van der Waals surface area contributed by atoms with Gasteiger partial charge in [0.05, 0.1) is 11.0 Å². The lowest BCUT2D eigenvalue weighted by atomic mass is 9.92. The number of aryl methyl sites for hydroxylation is 1. The fourth-order valence-corrected chi connectivity index (χ4v) is 8.28. The Labute approximate surface area is 349 Å². The van der Waals surface area contributed by atoms with Crippen LogP contribution in [0.15, 0.2) is 193 Å². The fourth-order valence-electron chi connectivity index (χ4n) is 8.28. The van der Waals surface area contributed by atoms with Crippen molar-refractivity contribution in [3.8, 4) is 22.3 Å². The molecule has 7 aromatic carbocycles. The van der Waals surface area contributed by atoms with E-state index in [-0.39, 0.29) is 6.04 Å². The second-order valence-electron chi connectivity index (χ2n) is 14.3. The van der Waals surface area contributed by atoms with Gasteiger partial charge in [0.2, 0.25) is 0 Å². The maximum absolute atomic E-state index is 5.57. The van der Waals surface area contributed by atoms with Crippen LogP contribution in [0.2, 0.25) is 0 Å². The Morgan fingerprint density at radius 3 is 1.73 bits per heavy atom. The second kappa shape index (κ2) is 18.7. The zero-order chi connectivity index (χ0) is 41.3. The molecule has 0 radical (unpaired) electrons. The van der Waals surface area contributed by atoms with Gasteiger partial charge in [0.1, 0.15) is 11.9 Å². The number of rotatable bonds is 8. The summed E-state index contributed by atoms with van der Waals surface area (Å²) in [5.74, 6) is 0.956. The van der Waals surface area contributed by atoms with Crippen LogP contribution in [-0.4, -0.2) is 22.0 Å². The molecule has 1 unspecified atom stereocenters. The molecule has 2 heterocycles. The first-order valence-corrected chi connectivity index (χ1v) is 20.7. The summed E-state index contributed by atoms with van der Waals surface area (Å²) in [5.41, 5.74) is 17.8. The van der Waals surface area contributed by atoms with Crippen molar-refractivity contribution in [1.82, 2.24) is 9.13 Å². The Hall–Kier alpha value is -6.75. The van der Waals surface area contributed by atoms with Crippen LogP contribution in [0.1, 0.15) is 50.4 Å². The van der Waals surface area contributed by atoms with Gasteiger partial charge in [-0.15, -0.1) is 0 Å². The van der Waals surface area contributed by atoms with E-state index in [1.165, 1.54) is 78.6 Å². The number of allylic oxidation sites excluding steroid dienone is 4. The van der Waals surface area contributed by atoms with Gasteiger partial charge in [0.25, 0.3) is 0 Å². The number of hydrogen-bond acceptors (Lipinski definition) is 2. The monoisotopic (exact) mass is 770 g/mol. The standard InChI is InChI=1S/C52H43N3.C2H6.CH5N/c1-4-5-6-17-32-54-48-24-15-13-22-44(48)46-34-41(27-30-49(46)54)42-28-31-51-47(35-42)45-23-14-16-25-50(45)55(51)37(3)53-52(39-20-11-8-12-21-39)43-29-26-40(33-36(43)2)38-18-9-7-10-19-38;2*1-2/h4-31,33-35,52H,32H2,1-3H3;1-2H3;2H2,1H3/b5-4-,17-6-,53-37?;;. The largest absolute Gasteiger partial charge is 0.337 e. The second-order valence-corrected chi connectivity index (χ2v) is 14.3. The molecule has 1 atom stereocenters. The molecule has 2 N–H and O–H groups in total. The molecule has 0 spiro atoms. The zero-order valence-corrected chi connectivity index (χ0v) is 35.1. The van der Waals surface area contributed by atoms with Gasteiger partial charge in [0, 0.05) is 39.1 Å². The zero-order valence-electron chi connectivity index (χ0n) is 35.1. The van der Waals surface area contributed by atoms with Crippen LogP contribution in [0.4, 0.5) is 0 Å². The Morgan fingerprint density at radius 1 is 0.559 bits per heavy atom. The van der Waals surface area contributed by atoms with E-state index >= 15 is 0 Å². The molecule has 0 aliphatic rings. The Bertz CT molecular complexity index is 2920. The first-order valence-electron chi connectivity index (χ1n) is 20.7. The third-order valence-corrected chi connectivity index (χ3v) is 10.9. The maximum atomic E-state index is 5.57. The molecular formula is C55H54N4. The van der Waals surface area contributed by atoms with Gasteiger partial charge >= 0.3 is 0 Å². The smallest absolute Gasteiger partial charge is 0.106 e. The van der Waals surface area contributed by atoms with Crippen LogP contribution in [-0.2, 0) is 6.54 Å². The molecule has 0 bridgehead atoms. The molecule has 9 aromatic rings. The van der Waals surface area contributed by atoms with E-state index in [0.29, 0.717) is 0 Å². The van der Waals surface area contributed by atoms with Crippen molar-refractivity contribution in [2.24, 2.45) is 10.7 Å². The van der Waals surface area contributed by atoms with E-state index in [2.05, 4.69) is 217 Å². The van der Waals surface area contributed by atoms with Crippen LogP contribution in [0.3, 0.4) is 0 Å². The number of nitrogens with two attached hydrogens (primary N) is 1. The summed E-state index contributed by atoms with van der Waals surface area (Å²) in [6.07, 6.45) is 8.49. The van der Waals surface area contributed by atoms with E-state index in [4.69, 9.17) is 4.99 Å². The van der Waals surface area contributed by atoms with Gasteiger partial charge in [-0.2, -0.15) is 0 Å². The highest BCUT2D eigenvalue weighted by molar-refractivity contribution is 6.15. The summed E-state index contributed by atoms with van der Waals surface area (Å²) < 4.78 is 4.76. The van der Waals surface area contributed by atoms with E-state index < -0.39 is 0 Å². The summed E-state index contributed by atoms with van der Waals surface area (Å²) in [5, 5.41) is 5.00. The molecule has 59 heavy (non-hydrogen) atoms. The predicted octanol–water partition coefficient (Wildman–Crippen LogP) is 14.3. The van der Waals surface area contributed by atoms with Crippen LogP contribution in [0.5, 0.6) is 0 Å². The molecule has 294 valence electrons. The number of aliphatic imine (C=N–C) groups is 1. The summed E-state index contributed by atoms with van der Waals surface area (Å²) in [6.45, 7) is 11.2. The average Bonchev–Trinajstić information content (AvgIpc) is 3.81. The normalized spacial score (nSPS) is 12.3. The summed E-state index contributed by atoms with van der Waals surface area (Å²) in [7, 11) is 1.50. The first-order chi connectivity index (χ1) is 29.1. The van der Waals surface area contributed by atoms with Gasteiger partial charge in [-0.25, -0.2) is 0 Å². The van der Waals surface area contributed by atoms with Crippen LogP contribution < -0.4 is 5.73 Å². The maximum Gasteiger partial charge on any atom is 0.106 e. The number of nitrogens with zero attached hydrogens (tertiary/aromatic N) is 3. The highest BCUT2D eigenvalue weighted by Crippen LogP contribution is 2.37. The Kier molecular flexibility index (Phi) is 12.8. The third kappa shape index (κ3) is 8.05. The average molecular weight is 771 g/mol. The molecule has 0 fully saturated rings. The lowest BCUT2D eigenvalue weighted by Crippen LogP contribution is -2.11. The van der Waals surface area contributed by atoms with Crippen molar-refractivity contribution in [3.63, 3.8) is 0 Å². The van der Waals surface area contributed by atoms with Crippen molar-refractivity contribution in [1.29, 1.82) is 0 Å². The fraction of sp³-hybridized carbons (Fsp3) is 0.145. The minimum atomic E-state index is -0.158. The number of para-hydroxylation sites is 2. The predicted molar refractivity (Wildman–Crippen MR) is 257 cm³/mol. The van der Waals surface area contributed by atoms with E-state index in [1.807, 2.05) is 20.8 Å². The van der Waals surface area contributed by atoms with Crippen LogP contribution in [0, 0.1) is 6.92 Å². The highest BCUT2D eigenvalue weighted by atomic mass is 15.1. The van der Waals surface area contributed by atoms with Crippen LogP contribution >= 0.6 is 0 Å². The molecule has 0 amide bonds. The molecule has 0 aliphatic carbocycles. The first kappa shape index (κ1) is 40.4. The third-order valence-electron chi connectivity index (χ3n) is 10.9. The lowest BCUT2D eigenvalue weighted by Gasteiger charge is -2.19. The van der Waals surface area contributed by atoms with Gasteiger partial charge in [-0.1, -0.05) is 166 Å². The van der Waals surface area contributed by atoms with Crippen molar-refractivity contribution in [2.75, 3.05) is 7.05 Å². The Balaban J connectivity index is 0.00000128. The van der Waals surface area contributed by atoms with Crippen LogP contribution in [0.25, 0.3) is 65.9 Å². The summed E-state index contributed by atoms with van der Waals surface area (Å²) >= 11 is 0. The van der Waals surface area contributed by atoms with E-state index in [1.54, 1.807) is 0 Å². The Morgan fingerprint density at radius 2 is 1.07 bits per heavy atom. The molecule has 0 saturated heterocycles. The van der Waals surface area contributed by atoms with Gasteiger partial charge in [0.15, 0.2) is 0 Å². The minimum Gasteiger partial charge on any atom is -0.337 e. The number of fused-ring (bicyclic) bond motifs is 6. The molecule has 0 saturated carbocycles.